The Morgan fingerprint density at radius 1 is 1.35 bits per heavy atom. The fourth-order valence-corrected chi connectivity index (χ4v) is 2.60. The van der Waals surface area contributed by atoms with Crippen LogP contribution < -0.4 is 11.1 Å². The molecule has 5 heteroatoms. The SMILES string of the molecule is NCC#Cc1ccsc1C(=O)NCc1ccccc1Cl. The third-order valence-corrected chi connectivity index (χ3v) is 3.88. The molecular weight excluding hydrogens is 292 g/mol. The van der Waals surface area contributed by atoms with Gasteiger partial charge in [-0.15, -0.1) is 11.3 Å². The lowest BCUT2D eigenvalue weighted by atomic mass is 10.2. The average molecular weight is 305 g/mol. The van der Waals surface area contributed by atoms with Gasteiger partial charge in [0, 0.05) is 17.1 Å². The second kappa shape index (κ2) is 7.11. The lowest BCUT2D eigenvalue weighted by Gasteiger charge is -2.06. The number of nitrogens with one attached hydrogen (secondary N) is 1. The summed E-state index contributed by atoms with van der Waals surface area (Å²) in [5, 5.41) is 5.33. The molecule has 1 amide bonds. The molecule has 2 rings (SSSR count). The molecule has 3 nitrogen and oxygen atoms in total. The Morgan fingerprint density at radius 2 is 2.15 bits per heavy atom. The minimum atomic E-state index is -0.152. The van der Waals surface area contributed by atoms with Gasteiger partial charge < -0.3 is 11.1 Å². The molecule has 0 spiro atoms. The summed E-state index contributed by atoms with van der Waals surface area (Å²) in [6, 6.07) is 9.24. The Morgan fingerprint density at radius 3 is 2.90 bits per heavy atom. The number of amides is 1. The molecule has 0 radical (unpaired) electrons. The summed E-state index contributed by atoms with van der Waals surface area (Å²) in [6.07, 6.45) is 0. The van der Waals surface area contributed by atoms with Crippen LogP contribution in [0.2, 0.25) is 5.02 Å². The minimum absolute atomic E-state index is 0.152. The van der Waals surface area contributed by atoms with Crippen molar-refractivity contribution in [2.45, 2.75) is 6.54 Å². The van der Waals surface area contributed by atoms with Crippen molar-refractivity contribution in [1.29, 1.82) is 0 Å². The van der Waals surface area contributed by atoms with Crippen LogP contribution >= 0.6 is 22.9 Å². The van der Waals surface area contributed by atoms with Crippen LogP contribution in [-0.4, -0.2) is 12.5 Å². The van der Waals surface area contributed by atoms with Crippen LogP contribution in [0, 0.1) is 11.8 Å². The molecule has 1 aromatic carbocycles. The maximum absolute atomic E-state index is 12.1. The molecule has 0 aliphatic rings. The van der Waals surface area contributed by atoms with Crippen LogP contribution in [0.15, 0.2) is 35.7 Å². The fraction of sp³-hybridized carbons (Fsp3) is 0.133. The normalized spacial score (nSPS) is 9.70. The first-order valence-electron chi connectivity index (χ1n) is 6.00. The van der Waals surface area contributed by atoms with E-state index in [2.05, 4.69) is 17.2 Å². The molecule has 20 heavy (non-hydrogen) atoms. The lowest BCUT2D eigenvalue weighted by molar-refractivity contribution is 0.0955. The van der Waals surface area contributed by atoms with Crippen molar-refractivity contribution in [3.63, 3.8) is 0 Å². The third kappa shape index (κ3) is 3.61. The molecule has 1 heterocycles. The molecule has 0 saturated carbocycles. The highest BCUT2D eigenvalue weighted by Crippen LogP contribution is 2.17. The number of nitrogens with two attached hydrogens (primary N) is 1. The number of halogens is 1. The number of benzene rings is 1. The molecule has 0 aliphatic heterocycles. The number of carbonyl (C=O) groups is 1. The highest BCUT2D eigenvalue weighted by molar-refractivity contribution is 7.12. The molecule has 2 aromatic rings. The summed E-state index contributed by atoms with van der Waals surface area (Å²) >= 11 is 7.41. The number of carbonyl (C=O) groups excluding carboxylic acids is 1. The van der Waals surface area contributed by atoms with Crippen molar-refractivity contribution in [2.75, 3.05) is 6.54 Å². The van der Waals surface area contributed by atoms with Gasteiger partial charge in [-0.1, -0.05) is 41.6 Å². The standard InChI is InChI=1S/C15H13ClN2OS/c16-13-6-2-1-4-12(13)10-18-15(19)14-11(5-3-8-17)7-9-20-14/h1-2,4,6-7,9H,8,10,17H2,(H,18,19). The van der Waals surface area contributed by atoms with E-state index in [1.54, 1.807) is 6.07 Å². The topological polar surface area (TPSA) is 55.1 Å². The van der Waals surface area contributed by atoms with Crippen molar-refractivity contribution >= 4 is 28.8 Å². The van der Waals surface area contributed by atoms with Crippen molar-refractivity contribution in [3.8, 4) is 11.8 Å². The first kappa shape index (κ1) is 14.6. The van der Waals surface area contributed by atoms with Gasteiger partial charge in [0.1, 0.15) is 4.88 Å². The van der Waals surface area contributed by atoms with Crippen LogP contribution in [0.4, 0.5) is 0 Å². The molecule has 102 valence electrons. The van der Waals surface area contributed by atoms with Gasteiger partial charge in [-0.05, 0) is 23.1 Å². The molecule has 0 saturated heterocycles. The summed E-state index contributed by atoms with van der Waals surface area (Å²) in [6.45, 7) is 0.663. The van der Waals surface area contributed by atoms with Crippen LogP contribution in [-0.2, 0) is 6.54 Å². The maximum atomic E-state index is 12.1. The van der Waals surface area contributed by atoms with E-state index in [9.17, 15) is 4.79 Å². The predicted molar refractivity (Wildman–Crippen MR) is 82.9 cm³/mol. The largest absolute Gasteiger partial charge is 0.347 e. The van der Waals surface area contributed by atoms with Crippen LogP contribution in [0.25, 0.3) is 0 Å². The maximum Gasteiger partial charge on any atom is 0.262 e. The third-order valence-electron chi connectivity index (χ3n) is 2.59. The van der Waals surface area contributed by atoms with E-state index in [-0.39, 0.29) is 12.5 Å². The van der Waals surface area contributed by atoms with Crippen LogP contribution in [0.3, 0.4) is 0 Å². The molecule has 3 N–H and O–H groups in total. The van der Waals surface area contributed by atoms with E-state index < -0.39 is 0 Å². The van der Waals surface area contributed by atoms with Gasteiger partial charge in [0.25, 0.3) is 5.91 Å². The zero-order valence-electron chi connectivity index (χ0n) is 10.7. The quantitative estimate of drug-likeness (QED) is 0.857. The molecule has 1 aromatic heterocycles. The summed E-state index contributed by atoms with van der Waals surface area (Å²) in [4.78, 5) is 12.7. The van der Waals surface area contributed by atoms with Gasteiger partial charge in [0.15, 0.2) is 0 Å². The van der Waals surface area contributed by atoms with Crippen molar-refractivity contribution in [2.24, 2.45) is 5.73 Å². The monoisotopic (exact) mass is 304 g/mol. The Kier molecular flexibility index (Phi) is 5.19. The van der Waals surface area contributed by atoms with Crippen molar-refractivity contribution in [3.05, 3.63) is 56.7 Å². The Bertz CT molecular complexity index is 670. The van der Waals surface area contributed by atoms with Crippen molar-refractivity contribution in [1.82, 2.24) is 5.32 Å². The van der Waals surface area contributed by atoms with E-state index in [4.69, 9.17) is 17.3 Å². The van der Waals surface area contributed by atoms with Gasteiger partial charge >= 0.3 is 0 Å². The molecule has 0 fully saturated rings. The highest BCUT2D eigenvalue weighted by atomic mass is 35.5. The van der Waals surface area contributed by atoms with Gasteiger partial charge in [0.2, 0.25) is 0 Å². The van der Waals surface area contributed by atoms with E-state index >= 15 is 0 Å². The van der Waals surface area contributed by atoms with Gasteiger partial charge in [-0.2, -0.15) is 0 Å². The molecular formula is C15H13ClN2OS. The zero-order valence-corrected chi connectivity index (χ0v) is 12.2. The summed E-state index contributed by atoms with van der Waals surface area (Å²) < 4.78 is 0. The smallest absolute Gasteiger partial charge is 0.262 e. The van der Waals surface area contributed by atoms with Crippen LogP contribution in [0.1, 0.15) is 20.8 Å². The van der Waals surface area contributed by atoms with E-state index in [0.717, 1.165) is 5.56 Å². The average Bonchev–Trinajstić information content (AvgIpc) is 2.92. The Hall–Kier alpha value is -1.80. The summed E-state index contributed by atoms with van der Waals surface area (Å²) in [5.41, 5.74) is 6.93. The number of rotatable bonds is 3. The minimum Gasteiger partial charge on any atom is -0.347 e. The van der Waals surface area contributed by atoms with Gasteiger partial charge in [0.05, 0.1) is 6.54 Å². The zero-order chi connectivity index (χ0) is 14.4. The molecule has 0 aliphatic carbocycles. The molecule has 0 atom stereocenters. The lowest BCUT2D eigenvalue weighted by Crippen LogP contribution is -2.22. The number of thiophene rings is 1. The molecule has 0 bridgehead atoms. The highest BCUT2D eigenvalue weighted by Gasteiger charge is 2.12. The van der Waals surface area contributed by atoms with Gasteiger partial charge in [-0.3, -0.25) is 4.79 Å². The number of hydrogen-bond acceptors (Lipinski definition) is 3. The second-order valence-electron chi connectivity index (χ2n) is 3.94. The number of hydrogen-bond donors (Lipinski definition) is 2. The fourth-order valence-electron chi connectivity index (χ4n) is 1.63. The molecule has 0 unspecified atom stereocenters. The first-order valence-corrected chi connectivity index (χ1v) is 7.26. The van der Waals surface area contributed by atoms with Gasteiger partial charge in [-0.25, -0.2) is 0 Å². The summed E-state index contributed by atoms with van der Waals surface area (Å²) in [5.74, 6) is 5.49. The predicted octanol–water partition coefficient (Wildman–Crippen LogP) is 2.64. The van der Waals surface area contributed by atoms with E-state index in [1.165, 1.54) is 11.3 Å². The first-order chi connectivity index (χ1) is 9.72. The van der Waals surface area contributed by atoms with E-state index in [1.807, 2.05) is 29.6 Å². The second-order valence-corrected chi connectivity index (χ2v) is 5.27. The van der Waals surface area contributed by atoms with Crippen molar-refractivity contribution < 1.29 is 4.79 Å². The van der Waals surface area contributed by atoms with E-state index in [0.29, 0.717) is 22.0 Å². The van der Waals surface area contributed by atoms with Crippen LogP contribution in [0.5, 0.6) is 0 Å². The Labute approximate surface area is 126 Å². The Balaban J connectivity index is 2.06. The summed E-state index contributed by atoms with van der Waals surface area (Å²) in [7, 11) is 0.